The van der Waals surface area contributed by atoms with E-state index in [1.165, 1.54) is 17.8 Å². The summed E-state index contributed by atoms with van der Waals surface area (Å²) >= 11 is 8.33. The molecule has 0 saturated heterocycles. The Kier molecular flexibility index (Phi) is 4.44. The van der Waals surface area contributed by atoms with Gasteiger partial charge in [-0.25, -0.2) is 0 Å². The molecule has 0 radical (unpaired) electrons. The maximum Gasteiger partial charge on any atom is 0.264 e. The Bertz CT molecular complexity index is 376. The van der Waals surface area contributed by atoms with Crippen LogP contribution in [0.2, 0.25) is 0 Å². The van der Waals surface area contributed by atoms with Gasteiger partial charge in [-0.05, 0) is 47.3 Å². The number of hydrogen-bond acceptors (Lipinski definition) is 2. The lowest BCUT2D eigenvalue weighted by Gasteiger charge is -2.37. The van der Waals surface area contributed by atoms with E-state index in [4.69, 9.17) is 0 Å². The topological polar surface area (TPSA) is 20.3 Å². The zero-order valence-corrected chi connectivity index (χ0v) is 12.8. The molecule has 16 heavy (non-hydrogen) atoms. The van der Waals surface area contributed by atoms with Crippen molar-refractivity contribution in [2.45, 2.75) is 25.3 Å². The Hall–Kier alpha value is 0.130. The van der Waals surface area contributed by atoms with Crippen LogP contribution in [0, 0.1) is 0 Å². The molecule has 0 unspecified atom stereocenters. The van der Waals surface area contributed by atoms with Crippen LogP contribution in [0.1, 0.15) is 28.9 Å². The van der Waals surface area contributed by atoms with Crippen LogP contribution in [0.15, 0.2) is 15.9 Å². The van der Waals surface area contributed by atoms with Gasteiger partial charge < -0.3 is 4.90 Å². The average molecular weight is 367 g/mol. The third-order valence-corrected chi connectivity index (χ3v) is 4.85. The number of hydrogen-bond donors (Lipinski definition) is 0. The fraction of sp³-hybridized carbons (Fsp3) is 0.545. The van der Waals surface area contributed by atoms with Gasteiger partial charge in [0.25, 0.3) is 5.91 Å². The van der Waals surface area contributed by atoms with Gasteiger partial charge in [0.1, 0.15) is 0 Å². The molecule has 1 amide bonds. The van der Waals surface area contributed by atoms with Gasteiger partial charge in [-0.1, -0.05) is 15.9 Å². The molecule has 1 fully saturated rings. The van der Waals surface area contributed by atoms with Crippen LogP contribution < -0.4 is 0 Å². The summed E-state index contributed by atoms with van der Waals surface area (Å²) in [4.78, 5) is 15.1. The Labute approximate surface area is 116 Å². The summed E-state index contributed by atoms with van der Waals surface area (Å²) < 4.78 is 1.02. The monoisotopic (exact) mass is 365 g/mol. The lowest BCUT2D eigenvalue weighted by Crippen LogP contribution is -2.44. The van der Waals surface area contributed by atoms with Crippen molar-refractivity contribution in [2.75, 3.05) is 11.9 Å². The molecule has 1 heterocycles. The third-order valence-electron chi connectivity index (χ3n) is 2.89. The van der Waals surface area contributed by atoms with Gasteiger partial charge in [-0.15, -0.1) is 11.3 Å². The molecule has 88 valence electrons. The molecule has 2 nitrogen and oxygen atoms in total. The van der Waals surface area contributed by atoms with E-state index in [2.05, 4.69) is 31.9 Å². The maximum absolute atomic E-state index is 12.3. The van der Waals surface area contributed by atoms with Crippen LogP contribution >= 0.6 is 43.2 Å². The summed E-state index contributed by atoms with van der Waals surface area (Å²) in [6.07, 6.45) is 3.57. The van der Waals surface area contributed by atoms with Crippen molar-refractivity contribution in [3.8, 4) is 0 Å². The zero-order valence-electron chi connectivity index (χ0n) is 8.79. The molecule has 1 aromatic rings. The highest BCUT2D eigenvalue weighted by molar-refractivity contribution is 9.11. The van der Waals surface area contributed by atoms with E-state index < -0.39 is 0 Å². The number of halogens is 2. The van der Waals surface area contributed by atoms with Gasteiger partial charge in [0.15, 0.2) is 0 Å². The van der Waals surface area contributed by atoms with Crippen molar-refractivity contribution < 1.29 is 4.79 Å². The van der Waals surface area contributed by atoms with E-state index in [-0.39, 0.29) is 5.91 Å². The van der Waals surface area contributed by atoms with Crippen molar-refractivity contribution >= 4 is 49.1 Å². The van der Waals surface area contributed by atoms with Gasteiger partial charge in [0.05, 0.1) is 8.66 Å². The van der Waals surface area contributed by atoms with Crippen molar-refractivity contribution in [1.29, 1.82) is 0 Å². The van der Waals surface area contributed by atoms with Crippen molar-refractivity contribution in [3.05, 3.63) is 20.8 Å². The Morgan fingerprint density at radius 2 is 2.25 bits per heavy atom. The normalized spacial score (nSPS) is 15.9. The highest BCUT2D eigenvalue weighted by Gasteiger charge is 2.29. The SMILES string of the molecule is O=C(c1ccc(Br)s1)N(CCBr)C1CCC1. The number of rotatable bonds is 4. The number of alkyl halides is 1. The van der Waals surface area contributed by atoms with Crippen LogP contribution in [0.3, 0.4) is 0 Å². The minimum Gasteiger partial charge on any atom is -0.334 e. The molecular formula is C11H13Br2NOS. The number of thiophene rings is 1. The van der Waals surface area contributed by atoms with E-state index in [0.717, 1.165) is 33.4 Å². The standard InChI is InChI=1S/C11H13Br2NOS/c12-6-7-14(8-2-1-3-8)11(15)9-4-5-10(13)16-9/h4-5,8H,1-3,6-7H2. The first-order chi connectivity index (χ1) is 7.72. The van der Waals surface area contributed by atoms with Gasteiger partial charge in [-0.2, -0.15) is 0 Å². The first-order valence-electron chi connectivity index (χ1n) is 5.34. The number of amides is 1. The molecule has 0 bridgehead atoms. The third kappa shape index (κ3) is 2.68. The van der Waals surface area contributed by atoms with Crippen molar-refractivity contribution in [2.24, 2.45) is 0 Å². The predicted octanol–water partition coefficient (Wildman–Crippen LogP) is 3.90. The van der Waals surface area contributed by atoms with Crippen LogP contribution in [-0.4, -0.2) is 28.7 Å². The van der Waals surface area contributed by atoms with Crippen molar-refractivity contribution in [1.82, 2.24) is 4.90 Å². The maximum atomic E-state index is 12.3. The smallest absolute Gasteiger partial charge is 0.264 e. The first-order valence-corrected chi connectivity index (χ1v) is 8.07. The molecule has 0 aromatic carbocycles. The fourth-order valence-electron chi connectivity index (χ4n) is 1.81. The second-order valence-corrected chi connectivity index (χ2v) is 7.13. The molecule has 2 rings (SSSR count). The molecular weight excluding hydrogens is 354 g/mol. The second kappa shape index (κ2) is 5.65. The molecule has 1 aliphatic rings. The molecule has 0 spiro atoms. The Balaban J connectivity index is 2.09. The van der Waals surface area contributed by atoms with Crippen LogP contribution in [0.4, 0.5) is 0 Å². The lowest BCUT2D eigenvalue weighted by molar-refractivity contribution is 0.0604. The molecule has 0 aliphatic heterocycles. The fourth-order valence-corrected chi connectivity index (χ4v) is 3.53. The number of carbonyl (C=O) groups is 1. The van der Waals surface area contributed by atoms with E-state index in [1.807, 2.05) is 17.0 Å². The molecule has 0 atom stereocenters. The van der Waals surface area contributed by atoms with Crippen LogP contribution in [0.5, 0.6) is 0 Å². The summed E-state index contributed by atoms with van der Waals surface area (Å²) in [5, 5.41) is 0.849. The lowest BCUT2D eigenvalue weighted by atomic mass is 9.91. The first kappa shape index (κ1) is 12.6. The van der Waals surface area contributed by atoms with E-state index in [9.17, 15) is 4.79 Å². The van der Waals surface area contributed by atoms with E-state index in [0.29, 0.717) is 6.04 Å². The second-order valence-electron chi connectivity index (χ2n) is 3.88. The Morgan fingerprint density at radius 3 is 2.69 bits per heavy atom. The van der Waals surface area contributed by atoms with Gasteiger partial charge >= 0.3 is 0 Å². The minimum absolute atomic E-state index is 0.180. The molecule has 1 saturated carbocycles. The van der Waals surface area contributed by atoms with Crippen LogP contribution in [-0.2, 0) is 0 Å². The minimum atomic E-state index is 0.180. The number of carbonyl (C=O) groups excluding carboxylic acids is 1. The molecule has 1 aliphatic carbocycles. The summed E-state index contributed by atoms with van der Waals surface area (Å²) in [5.74, 6) is 0.180. The Morgan fingerprint density at radius 1 is 1.50 bits per heavy atom. The van der Waals surface area contributed by atoms with Crippen molar-refractivity contribution in [3.63, 3.8) is 0 Å². The van der Waals surface area contributed by atoms with Gasteiger partial charge in [0, 0.05) is 17.9 Å². The summed E-state index contributed by atoms with van der Waals surface area (Å²) in [5.41, 5.74) is 0. The summed E-state index contributed by atoms with van der Waals surface area (Å²) in [6, 6.07) is 4.30. The highest BCUT2D eigenvalue weighted by Crippen LogP contribution is 2.29. The quantitative estimate of drug-likeness (QED) is 0.740. The van der Waals surface area contributed by atoms with Gasteiger partial charge in [-0.3, -0.25) is 4.79 Å². The van der Waals surface area contributed by atoms with Crippen LogP contribution in [0.25, 0.3) is 0 Å². The molecule has 5 heteroatoms. The average Bonchev–Trinajstić information content (AvgIpc) is 2.60. The van der Waals surface area contributed by atoms with Gasteiger partial charge in [0.2, 0.25) is 0 Å². The predicted molar refractivity (Wildman–Crippen MR) is 74.5 cm³/mol. The summed E-state index contributed by atoms with van der Waals surface area (Å²) in [6.45, 7) is 0.805. The molecule has 1 aromatic heterocycles. The summed E-state index contributed by atoms with van der Waals surface area (Å²) in [7, 11) is 0. The largest absolute Gasteiger partial charge is 0.334 e. The zero-order chi connectivity index (χ0) is 11.5. The van der Waals surface area contributed by atoms with E-state index in [1.54, 1.807) is 0 Å². The number of nitrogens with zero attached hydrogens (tertiary/aromatic N) is 1. The highest BCUT2D eigenvalue weighted by atomic mass is 79.9. The molecule has 0 N–H and O–H groups in total. The van der Waals surface area contributed by atoms with E-state index >= 15 is 0 Å².